The van der Waals surface area contributed by atoms with E-state index in [1.165, 1.54) is 12.2 Å². The molecular weight excluding hydrogens is 204 g/mol. The highest BCUT2D eigenvalue weighted by atomic mass is 16.5. The van der Waals surface area contributed by atoms with Crippen molar-refractivity contribution in [2.75, 3.05) is 20.8 Å². The van der Waals surface area contributed by atoms with Gasteiger partial charge < -0.3 is 14.6 Å². The lowest BCUT2D eigenvalue weighted by Gasteiger charge is -2.07. The summed E-state index contributed by atoms with van der Waals surface area (Å²) in [5, 5.41) is 9.73. The molecule has 0 aliphatic carbocycles. The minimum atomic E-state index is 0.169. The first-order valence-electron chi connectivity index (χ1n) is 5.15. The molecule has 0 rings (SSSR count). The van der Waals surface area contributed by atoms with Gasteiger partial charge in [-0.15, -0.1) is 0 Å². The van der Waals surface area contributed by atoms with Crippen LogP contribution in [0.3, 0.4) is 0 Å². The first-order valence-corrected chi connectivity index (χ1v) is 5.15. The molecule has 16 heavy (non-hydrogen) atoms. The standard InChI is InChI=1S/C13H20O3/c1-5-7-11(13(14)8-6-2)9-12(16-4)10-15-3/h6-9,14H,2,5,10H2,1,3-4H3/b11-7+,12-9+,13-8-. The monoisotopic (exact) mass is 224 g/mol. The highest BCUT2D eigenvalue weighted by molar-refractivity contribution is 5.37. The van der Waals surface area contributed by atoms with E-state index in [2.05, 4.69) is 6.58 Å². The molecule has 0 amide bonds. The molecular formula is C13H20O3. The summed E-state index contributed by atoms with van der Waals surface area (Å²) in [5.41, 5.74) is 0.705. The molecule has 0 aromatic heterocycles. The SMILES string of the molecule is C=C/C=C(O)/C(/C=C(\COC)OC)=C/CC. The first-order chi connectivity index (χ1) is 7.69. The molecule has 0 atom stereocenters. The van der Waals surface area contributed by atoms with Gasteiger partial charge in [-0.05, 0) is 18.6 Å². The summed E-state index contributed by atoms with van der Waals surface area (Å²) in [4.78, 5) is 0. The molecule has 0 heterocycles. The van der Waals surface area contributed by atoms with Crippen LogP contribution in [0, 0.1) is 0 Å². The van der Waals surface area contributed by atoms with E-state index in [1.807, 2.05) is 13.0 Å². The lowest BCUT2D eigenvalue weighted by molar-refractivity contribution is 0.159. The van der Waals surface area contributed by atoms with Gasteiger partial charge in [0, 0.05) is 12.7 Å². The zero-order chi connectivity index (χ0) is 12.4. The summed E-state index contributed by atoms with van der Waals surface area (Å²) in [6.45, 7) is 5.91. The number of hydrogen-bond acceptors (Lipinski definition) is 3. The summed E-state index contributed by atoms with van der Waals surface area (Å²) < 4.78 is 10.1. The number of aliphatic hydroxyl groups excluding tert-OH is 1. The Morgan fingerprint density at radius 2 is 2.06 bits per heavy atom. The van der Waals surface area contributed by atoms with Crippen molar-refractivity contribution in [1.29, 1.82) is 0 Å². The highest BCUT2D eigenvalue weighted by Gasteiger charge is 2.02. The van der Waals surface area contributed by atoms with Gasteiger partial charge in [0.15, 0.2) is 0 Å². The Balaban J connectivity index is 4.99. The van der Waals surface area contributed by atoms with E-state index in [1.54, 1.807) is 20.3 Å². The molecule has 1 N–H and O–H groups in total. The van der Waals surface area contributed by atoms with Gasteiger partial charge in [-0.3, -0.25) is 0 Å². The molecule has 0 aromatic carbocycles. The van der Waals surface area contributed by atoms with Crippen molar-refractivity contribution >= 4 is 0 Å². The van der Waals surface area contributed by atoms with Gasteiger partial charge >= 0.3 is 0 Å². The van der Waals surface area contributed by atoms with Crippen LogP contribution in [0.15, 0.2) is 48.0 Å². The summed E-state index contributed by atoms with van der Waals surface area (Å²) >= 11 is 0. The van der Waals surface area contributed by atoms with E-state index < -0.39 is 0 Å². The second kappa shape index (κ2) is 8.80. The molecule has 3 heteroatoms. The average molecular weight is 224 g/mol. The van der Waals surface area contributed by atoms with Gasteiger partial charge in [0.1, 0.15) is 18.1 Å². The molecule has 0 saturated heterocycles. The van der Waals surface area contributed by atoms with Crippen LogP contribution in [0.4, 0.5) is 0 Å². The molecule has 0 fully saturated rings. The Labute approximate surface area is 97.4 Å². The van der Waals surface area contributed by atoms with Crippen molar-refractivity contribution in [3.8, 4) is 0 Å². The smallest absolute Gasteiger partial charge is 0.122 e. The maximum absolute atomic E-state index is 9.73. The minimum Gasteiger partial charge on any atom is -0.507 e. The lowest BCUT2D eigenvalue weighted by atomic mass is 10.1. The fraction of sp³-hybridized carbons (Fsp3) is 0.385. The zero-order valence-electron chi connectivity index (χ0n) is 10.2. The van der Waals surface area contributed by atoms with Crippen LogP contribution in [0.5, 0.6) is 0 Å². The first kappa shape index (κ1) is 14.5. The molecule has 0 radical (unpaired) electrons. The summed E-state index contributed by atoms with van der Waals surface area (Å²) in [7, 11) is 3.16. The van der Waals surface area contributed by atoms with E-state index in [0.29, 0.717) is 17.9 Å². The normalized spacial score (nSPS) is 13.8. The molecule has 90 valence electrons. The van der Waals surface area contributed by atoms with Crippen molar-refractivity contribution < 1.29 is 14.6 Å². The van der Waals surface area contributed by atoms with Gasteiger partial charge in [-0.1, -0.05) is 25.7 Å². The number of rotatable bonds is 7. The third-order valence-electron chi connectivity index (χ3n) is 1.86. The summed E-state index contributed by atoms with van der Waals surface area (Å²) in [6.07, 6.45) is 7.56. The van der Waals surface area contributed by atoms with Crippen molar-refractivity contribution in [2.24, 2.45) is 0 Å². The topological polar surface area (TPSA) is 38.7 Å². The van der Waals surface area contributed by atoms with E-state index in [4.69, 9.17) is 9.47 Å². The number of hydrogen-bond donors (Lipinski definition) is 1. The van der Waals surface area contributed by atoms with Crippen molar-refractivity contribution in [2.45, 2.75) is 13.3 Å². The number of aliphatic hydroxyl groups is 1. The van der Waals surface area contributed by atoms with Gasteiger partial charge in [0.25, 0.3) is 0 Å². The van der Waals surface area contributed by atoms with E-state index in [-0.39, 0.29) is 5.76 Å². The third-order valence-corrected chi connectivity index (χ3v) is 1.86. The van der Waals surface area contributed by atoms with Crippen LogP contribution < -0.4 is 0 Å². The van der Waals surface area contributed by atoms with Gasteiger partial charge in [-0.2, -0.15) is 0 Å². The maximum Gasteiger partial charge on any atom is 0.122 e. The van der Waals surface area contributed by atoms with Gasteiger partial charge in [-0.25, -0.2) is 0 Å². The predicted octanol–water partition coefficient (Wildman–Crippen LogP) is 3.13. The van der Waals surface area contributed by atoms with Gasteiger partial charge in [0.2, 0.25) is 0 Å². The van der Waals surface area contributed by atoms with Crippen LogP contribution in [0.25, 0.3) is 0 Å². The molecule has 0 unspecified atom stereocenters. The van der Waals surface area contributed by atoms with Crippen LogP contribution >= 0.6 is 0 Å². The Morgan fingerprint density at radius 3 is 2.50 bits per heavy atom. The Kier molecular flexibility index (Phi) is 7.98. The molecule has 0 spiro atoms. The third kappa shape index (κ3) is 5.41. The zero-order valence-corrected chi connectivity index (χ0v) is 10.2. The van der Waals surface area contributed by atoms with Crippen LogP contribution in [0.2, 0.25) is 0 Å². The average Bonchev–Trinajstić information content (AvgIpc) is 2.27. The highest BCUT2D eigenvalue weighted by Crippen LogP contribution is 2.13. The molecule has 0 aliphatic heterocycles. The quantitative estimate of drug-likeness (QED) is 0.533. The van der Waals surface area contributed by atoms with E-state index in [0.717, 1.165) is 6.42 Å². The number of allylic oxidation sites excluding steroid dienone is 4. The number of ether oxygens (including phenoxy) is 2. The summed E-state index contributed by atoms with van der Waals surface area (Å²) in [5.74, 6) is 0.828. The van der Waals surface area contributed by atoms with Crippen molar-refractivity contribution in [3.05, 3.63) is 48.0 Å². The fourth-order valence-corrected chi connectivity index (χ4v) is 1.14. The molecule has 3 nitrogen and oxygen atoms in total. The van der Waals surface area contributed by atoms with Crippen molar-refractivity contribution in [1.82, 2.24) is 0 Å². The number of methoxy groups -OCH3 is 2. The largest absolute Gasteiger partial charge is 0.507 e. The van der Waals surface area contributed by atoms with E-state index >= 15 is 0 Å². The minimum absolute atomic E-state index is 0.169. The Bertz CT molecular complexity index is 298. The Morgan fingerprint density at radius 1 is 1.38 bits per heavy atom. The second-order valence-corrected chi connectivity index (χ2v) is 3.10. The molecule has 0 bridgehead atoms. The lowest BCUT2D eigenvalue weighted by Crippen LogP contribution is -1.98. The van der Waals surface area contributed by atoms with Crippen LogP contribution in [-0.4, -0.2) is 25.9 Å². The van der Waals surface area contributed by atoms with E-state index in [9.17, 15) is 5.11 Å². The van der Waals surface area contributed by atoms with Crippen LogP contribution in [0.1, 0.15) is 13.3 Å². The fourth-order valence-electron chi connectivity index (χ4n) is 1.14. The molecule has 0 aromatic rings. The summed E-state index contributed by atoms with van der Waals surface area (Å²) in [6, 6.07) is 0. The predicted molar refractivity (Wildman–Crippen MR) is 66.3 cm³/mol. The second-order valence-electron chi connectivity index (χ2n) is 3.10. The van der Waals surface area contributed by atoms with Crippen molar-refractivity contribution in [3.63, 3.8) is 0 Å². The maximum atomic E-state index is 9.73. The van der Waals surface area contributed by atoms with Gasteiger partial charge in [0.05, 0.1) is 7.11 Å². The van der Waals surface area contributed by atoms with Crippen LogP contribution in [-0.2, 0) is 9.47 Å². The molecule has 0 aliphatic rings. The Hall–Kier alpha value is -1.48. The molecule has 0 saturated carbocycles.